The van der Waals surface area contributed by atoms with Gasteiger partial charge in [0, 0.05) is 31.7 Å². The Hall–Kier alpha value is -1.59. The van der Waals surface area contributed by atoms with Crippen LogP contribution < -0.4 is 15.5 Å². The van der Waals surface area contributed by atoms with Crippen LogP contribution >= 0.6 is 0 Å². The lowest BCUT2D eigenvalue weighted by Crippen LogP contribution is -2.35. The number of anilines is 1. The van der Waals surface area contributed by atoms with Crippen LogP contribution in [0.1, 0.15) is 11.7 Å². The van der Waals surface area contributed by atoms with Crippen molar-refractivity contribution in [2.45, 2.75) is 6.10 Å². The summed E-state index contributed by atoms with van der Waals surface area (Å²) in [4.78, 5) is 13.6. The van der Waals surface area contributed by atoms with E-state index in [4.69, 9.17) is 4.74 Å². The summed E-state index contributed by atoms with van der Waals surface area (Å²) in [6.45, 7) is 3.83. The first-order valence-electron chi connectivity index (χ1n) is 6.33. The van der Waals surface area contributed by atoms with Crippen LogP contribution in [-0.2, 0) is 4.74 Å². The molecule has 0 aliphatic carbocycles. The van der Waals surface area contributed by atoms with E-state index >= 15 is 0 Å². The van der Waals surface area contributed by atoms with Gasteiger partial charge in [0.1, 0.15) is 0 Å². The molecule has 2 heterocycles. The molecule has 1 aromatic carbocycles. The second-order valence-electron chi connectivity index (χ2n) is 4.51. The van der Waals surface area contributed by atoms with Gasteiger partial charge in [-0.2, -0.15) is 0 Å². The van der Waals surface area contributed by atoms with Crippen LogP contribution in [0.5, 0.6) is 0 Å². The number of nitrogens with one attached hydrogen (secondary N) is 2. The maximum atomic E-state index is 11.8. The maximum Gasteiger partial charge on any atom is 0.322 e. The van der Waals surface area contributed by atoms with E-state index < -0.39 is 0 Å². The molecule has 2 saturated heterocycles. The minimum atomic E-state index is -0.0220. The summed E-state index contributed by atoms with van der Waals surface area (Å²) in [5.74, 6) is 0. The van der Waals surface area contributed by atoms with Crippen molar-refractivity contribution in [2.75, 3.05) is 37.7 Å². The number of hydrogen-bond donors (Lipinski definition) is 2. The highest BCUT2D eigenvalue weighted by Crippen LogP contribution is 2.30. The molecule has 96 valence electrons. The summed E-state index contributed by atoms with van der Waals surface area (Å²) >= 11 is 0. The SMILES string of the molecule is O=C1NCCN1c1ccccc1C1CNCCO1. The summed E-state index contributed by atoms with van der Waals surface area (Å²) in [6, 6.07) is 7.95. The van der Waals surface area contributed by atoms with Crippen LogP contribution in [0.3, 0.4) is 0 Å². The lowest BCUT2D eigenvalue weighted by molar-refractivity contribution is 0.0280. The predicted molar refractivity (Wildman–Crippen MR) is 68.7 cm³/mol. The van der Waals surface area contributed by atoms with E-state index in [9.17, 15) is 4.79 Å². The minimum Gasteiger partial charge on any atom is -0.371 e. The van der Waals surface area contributed by atoms with Gasteiger partial charge in [-0.15, -0.1) is 0 Å². The summed E-state index contributed by atoms with van der Waals surface area (Å²) < 4.78 is 5.78. The average molecular weight is 247 g/mol. The first-order valence-corrected chi connectivity index (χ1v) is 6.33. The van der Waals surface area contributed by atoms with Crippen molar-refractivity contribution >= 4 is 11.7 Å². The fraction of sp³-hybridized carbons (Fsp3) is 0.462. The number of urea groups is 1. The van der Waals surface area contributed by atoms with Gasteiger partial charge < -0.3 is 15.4 Å². The smallest absolute Gasteiger partial charge is 0.322 e. The van der Waals surface area contributed by atoms with E-state index in [-0.39, 0.29) is 12.1 Å². The highest BCUT2D eigenvalue weighted by atomic mass is 16.5. The molecule has 18 heavy (non-hydrogen) atoms. The Kier molecular flexibility index (Phi) is 3.17. The number of carbonyl (C=O) groups excluding carboxylic acids is 1. The van der Waals surface area contributed by atoms with E-state index in [2.05, 4.69) is 10.6 Å². The predicted octanol–water partition coefficient (Wildman–Crippen LogP) is 0.877. The van der Waals surface area contributed by atoms with Crippen molar-refractivity contribution in [3.05, 3.63) is 29.8 Å². The maximum absolute atomic E-state index is 11.8. The van der Waals surface area contributed by atoms with Crippen molar-refractivity contribution in [1.29, 1.82) is 0 Å². The van der Waals surface area contributed by atoms with Gasteiger partial charge in [-0.3, -0.25) is 4.90 Å². The van der Waals surface area contributed by atoms with E-state index in [1.807, 2.05) is 24.3 Å². The molecule has 1 unspecified atom stereocenters. The molecule has 3 rings (SSSR count). The minimum absolute atomic E-state index is 0.0220. The molecule has 2 aliphatic heterocycles. The van der Waals surface area contributed by atoms with Gasteiger partial charge in [-0.05, 0) is 6.07 Å². The number of carbonyl (C=O) groups is 1. The Morgan fingerprint density at radius 3 is 2.89 bits per heavy atom. The van der Waals surface area contributed by atoms with E-state index in [0.717, 1.165) is 30.9 Å². The van der Waals surface area contributed by atoms with Gasteiger partial charge in [0.05, 0.1) is 18.4 Å². The third-order valence-corrected chi connectivity index (χ3v) is 3.36. The fourth-order valence-electron chi connectivity index (χ4n) is 2.47. The van der Waals surface area contributed by atoms with Gasteiger partial charge in [0.15, 0.2) is 0 Å². The van der Waals surface area contributed by atoms with Crippen LogP contribution in [0.25, 0.3) is 0 Å². The normalized spacial score (nSPS) is 24.1. The summed E-state index contributed by atoms with van der Waals surface area (Å²) in [6.07, 6.45) is 0.0309. The lowest BCUT2D eigenvalue weighted by Gasteiger charge is -2.28. The van der Waals surface area contributed by atoms with Gasteiger partial charge in [-0.25, -0.2) is 4.79 Å². The summed E-state index contributed by atoms with van der Waals surface area (Å²) in [5, 5.41) is 6.15. The van der Waals surface area contributed by atoms with Crippen molar-refractivity contribution in [3.63, 3.8) is 0 Å². The molecule has 2 aliphatic rings. The zero-order valence-corrected chi connectivity index (χ0v) is 10.2. The van der Waals surface area contributed by atoms with Crippen LogP contribution in [0.2, 0.25) is 0 Å². The fourth-order valence-corrected chi connectivity index (χ4v) is 2.47. The van der Waals surface area contributed by atoms with Gasteiger partial charge in [0.2, 0.25) is 0 Å². The monoisotopic (exact) mass is 247 g/mol. The summed E-state index contributed by atoms with van der Waals surface area (Å²) in [5.41, 5.74) is 2.04. The number of para-hydroxylation sites is 1. The molecular formula is C13H17N3O2. The molecule has 1 atom stereocenters. The molecule has 2 fully saturated rings. The third kappa shape index (κ3) is 2.07. The van der Waals surface area contributed by atoms with Crippen LogP contribution in [0, 0.1) is 0 Å². The molecular weight excluding hydrogens is 230 g/mol. The molecule has 5 nitrogen and oxygen atoms in total. The van der Waals surface area contributed by atoms with Crippen molar-refractivity contribution in [2.24, 2.45) is 0 Å². The first kappa shape index (κ1) is 11.5. The molecule has 2 N–H and O–H groups in total. The standard InChI is InChI=1S/C13H17N3O2/c17-13-15-5-7-16(13)11-4-2-1-3-10(11)12-9-14-6-8-18-12/h1-4,12,14H,5-9H2,(H,15,17). The first-order chi connectivity index (χ1) is 8.86. The van der Waals surface area contributed by atoms with E-state index in [1.165, 1.54) is 0 Å². The Morgan fingerprint density at radius 1 is 1.28 bits per heavy atom. The number of nitrogens with zero attached hydrogens (tertiary/aromatic N) is 1. The van der Waals surface area contributed by atoms with Crippen molar-refractivity contribution in [3.8, 4) is 0 Å². The average Bonchev–Trinajstić information content (AvgIpc) is 2.86. The van der Waals surface area contributed by atoms with Crippen molar-refractivity contribution in [1.82, 2.24) is 10.6 Å². The molecule has 0 radical (unpaired) electrons. The highest BCUT2D eigenvalue weighted by Gasteiger charge is 2.26. The Bertz CT molecular complexity index is 444. The molecule has 0 spiro atoms. The highest BCUT2D eigenvalue weighted by molar-refractivity contribution is 5.94. The molecule has 5 heteroatoms. The number of benzene rings is 1. The van der Waals surface area contributed by atoms with E-state index in [0.29, 0.717) is 13.2 Å². The van der Waals surface area contributed by atoms with Crippen LogP contribution in [-0.4, -0.2) is 38.8 Å². The molecule has 0 aromatic heterocycles. The molecule has 2 amide bonds. The topological polar surface area (TPSA) is 53.6 Å². The number of ether oxygens (including phenoxy) is 1. The third-order valence-electron chi connectivity index (χ3n) is 3.36. The molecule has 0 saturated carbocycles. The Labute approximate surface area is 106 Å². The number of morpholine rings is 1. The largest absolute Gasteiger partial charge is 0.371 e. The molecule has 0 bridgehead atoms. The van der Waals surface area contributed by atoms with Gasteiger partial charge in [-0.1, -0.05) is 18.2 Å². The zero-order chi connectivity index (χ0) is 12.4. The zero-order valence-electron chi connectivity index (χ0n) is 10.2. The quantitative estimate of drug-likeness (QED) is 0.815. The Balaban J connectivity index is 1.91. The van der Waals surface area contributed by atoms with Crippen LogP contribution in [0.4, 0.5) is 10.5 Å². The van der Waals surface area contributed by atoms with Crippen LogP contribution in [0.15, 0.2) is 24.3 Å². The van der Waals surface area contributed by atoms with Crippen molar-refractivity contribution < 1.29 is 9.53 Å². The molecule has 1 aromatic rings. The number of rotatable bonds is 2. The van der Waals surface area contributed by atoms with Gasteiger partial charge >= 0.3 is 6.03 Å². The number of hydrogen-bond acceptors (Lipinski definition) is 3. The second-order valence-corrected chi connectivity index (χ2v) is 4.51. The lowest BCUT2D eigenvalue weighted by atomic mass is 10.1. The number of amides is 2. The second kappa shape index (κ2) is 4.96. The summed E-state index contributed by atoms with van der Waals surface area (Å²) in [7, 11) is 0. The Morgan fingerprint density at radius 2 is 2.17 bits per heavy atom. The van der Waals surface area contributed by atoms with Gasteiger partial charge in [0.25, 0.3) is 0 Å². The van der Waals surface area contributed by atoms with E-state index in [1.54, 1.807) is 4.90 Å².